The second-order valence-corrected chi connectivity index (χ2v) is 50.6. The van der Waals surface area contributed by atoms with Gasteiger partial charge >= 0.3 is 144 Å². The predicted molar refractivity (Wildman–Crippen MR) is 397 cm³/mol. The summed E-state index contributed by atoms with van der Waals surface area (Å²) in [7, 11) is 21.1. The predicted octanol–water partition coefficient (Wildman–Crippen LogP) is -0.0294. The van der Waals surface area contributed by atoms with Gasteiger partial charge in [-0.15, -0.1) is 0 Å². The Hall–Kier alpha value is -9.08. The van der Waals surface area contributed by atoms with Crippen molar-refractivity contribution >= 4 is 127 Å². The summed E-state index contributed by atoms with van der Waals surface area (Å²) in [6.07, 6.45) is -3.20. The quantitative estimate of drug-likeness (QED) is 0.0282. The number of anilines is 2. The number of rotatable bonds is 21. The molecule has 624 valence electrons. The molecule has 4 aromatic heterocycles. The molecule has 11 rings (SSSR count). The molecule has 3 fully saturated rings. The van der Waals surface area contributed by atoms with E-state index in [1.807, 2.05) is 0 Å². The van der Waals surface area contributed by atoms with Crippen LogP contribution in [0.4, 0.5) is 11.9 Å². The fourth-order valence-electron chi connectivity index (χ4n) is 11.9. The maximum absolute atomic E-state index is 13.1. The summed E-state index contributed by atoms with van der Waals surface area (Å²) >= 11 is -3.29. The smallest absolute Gasteiger partial charge is 0.870 e. The third-order valence-corrected chi connectivity index (χ3v) is 17.5. The Bertz CT molecular complexity index is 4730. The number of nitrogen functional groups attached to an aromatic ring is 2. The van der Waals surface area contributed by atoms with Crippen molar-refractivity contribution in [2.24, 2.45) is 0 Å². The van der Waals surface area contributed by atoms with Crippen LogP contribution in [0.2, 0.25) is 0 Å². The number of carbonyl (C=O) groups is 9. The number of hydrogen-bond donors (Lipinski definition) is 7. The van der Waals surface area contributed by atoms with Gasteiger partial charge in [-0.2, -0.15) is 19.9 Å². The SMILES string of the molecule is CC(=O)OC1C(n2ccn3c(=O)nc(N)nc23)OC(COC(=O)c2ccccc2)(COC(=O)c2ccccc2)C1(C)OC(C)=O.CC(=O)OC1OC(COC(=O)c2ccccc2)(COC(=O)c2ccccc2)C(C)(OC(C)=O)C1OC(C)=O.CC1(O)C(O)C(n2ccn3c(=O)nc(N)nc23)OC1(CO)CO.CO.[Cl][Sn]([Cl])([Cl])[Cl].[Na+].[Ne].[OH-]. The minimum absolute atomic E-state index is 0. The Morgan fingerprint density at radius 1 is 0.474 bits per heavy atom. The molecule has 3 aliphatic heterocycles. The molecule has 3 aliphatic rings. The summed E-state index contributed by atoms with van der Waals surface area (Å²) in [5.41, 5.74) is -0.954. The molecule has 0 saturated carbocycles. The average Bonchev–Trinajstić information content (AvgIpc) is 1.55. The van der Waals surface area contributed by atoms with Crippen LogP contribution >= 0.6 is 35.7 Å². The van der Waals surface area contributed by atoms with Crippen molar-refractivity contribution in [2.45, 2.75) is 126 Å². The molecule has 0 radical (unpaired) electrons. The number of fused-ring (bicyclic) bond motifs is 2. The first-order valence-electron chi connectivity index (χ1n) is 33.3. The van der Waals surface area contributed by atoms with Gasteiger partial charge in [0.25, 0.3) is 0 Å². The Morgan fingerprint density at radius 3 is 1.07 bits per heavy atom. The van der Waals surface area contributed by atoms with E-state index in [0.717, 1.165) is 50.5 Å². The minimum atomic E-state index is -3.29. The number of aliphatic hydroxyl groups excluding tert-OH is 4. The van der Waals surface area contributed by atoms with Gasteiger partial charge in [0.05, 0.1) is 35.5 Å². The molecule has 10 N–H and O–H groups in total. The molecule has 0 bridgehead atoms. The molecule has 46 heteroatoms. The topological polar surface area (TPSA) is 552 Å². The van der Waals surface area contributed by atoms with E-state index in [9.17, 15) is 73.2 Å². The van der Waals surface area contributed by atoms with Crippen molar-refractivity contribution in [2.75, 3.05) is 58.2 Å². The molecule has 8 aromatic rings. The maximum Gasteiger partial charge on any atom is 1.00 e. The molecule has 39 nitrogen and oxygen atoms in total. The summed E-state index contributed by atoms with van der Waals surface area (Å²) in [4.78, 5) is 152. The Labute approximate surface area is 699 Å². The van der Waals surface area contributed by atoms with Crippen LogP contribution in [0.25, 0.3) is 11.6 Å². The summed E-state index contributed by atoms with van der Waals surface area (Å²) in [6.45, 7) is 5.55. The largest absolute Gasteiger partial charge is 1.00 e. The first-order valence-corrected chi connectivity index (χ1v) is 47.8. The summed E-state index contributed by atoms with van der Waals surface area (Å²) in [5.74, 6) is -7.66. The standard InChI is InChI=1S/C30H29N5O10.C27H28O11.C12H17N5O6.CH4O.4ClH.Na.Ne.H2O.Sn/c1-18(36)43-22-23(34-14-15-35-27(34)32-26(31)33-28(35)40)45-30(29(22,3)44-19(2)37,16-41-24(38)20-10-6-4-7-11-20)17-42-25(39)21-12-8-5-9-13-21;1-17(28)35-22-25(36-18(2)29)38-27(26(22,4)37-19(3)30,15-33-23(31)20-11-7-5-8-12-20)16-34-24(32)21-13-9-6-10-14-21;1-11(22)6(20)7(23-12(11,4-18)5-19)16-2-3-17-9(16)14-8(13)15-10(17)21;1-2;;;;;;;;/h4-15,22-23H,16-17H2,1-3H3,(H2,31,33,40);5-14,22,25H,15-16H2,1-4H3;2-3,6-7,18-20,22H,4-5H2,1H3,(H2,13,15,21);2H,1H3;4*1H;;;1H2;/q;;;;;;;;+1;;;+4/p-5. The molecule has 0 amide bonds. The summed E-state index contributed by atoms with van der Waals surface area (Å²) < 4.78 is 72.9. The van der Waals surface area contributed by atoms with Crippen LogP contribution in [-0.4, -0.2) is 241 Å². The number of nitrogens with zero attached hydrogens (tertiary/aromatic N) is 8. The third-order valence-electron chi connectivity index (χ3n) is 17.5. The summed E-state index contributed by atoms with van der Waals surface area (Å²) in [6, 6.07) is 32.2. The van der Waals surface area contributed by atoms with Gasteiger partial charge in [-0.3, -0.25) is 33.1 Å². The van der Waals surface area contributed by atoms with Crippen molar-refractivity contribution in [1.29, 1.82) is 0 Å². The van der Waals surface area contributed by atoms with Crippen LogP contribution in [0, 0.1) is 6.15 Å². The van der Waals surface area contributed by atoms with E-state index in [4.69, 9.17) is 109 Å². The van der Waals surface area contributed by atoms with Gasteiger partial charge in [0.15, 0.2) is 41.0 Å². The third kappa shape index (κ3) is 23.2. The first kappa shape index (κ1) is 99.3. The van der Waals surface area contributed by atoms with E-state index >= 15 is 0 Å². The molecular formula is C70H79Cl4N10NaNeO29Sn. The molecule has 3 saturated heterocycles. The molecule has 4 aromatic carbocycles. The number of esters is 9. The van der Waals surface area contributed by atoms with Gasteiger partial charge in [0.2, 0.25) is 35.8 Å². The molecule has 7 heterocycles. The Balaban J connectivity index is 0.000000361. The molecule has 9 atom stereocenters. The number of aromatic nitrogens is 8. The van der Waals surface area contributed by atoms with Crippen molar-refractivity contribution in [3.63, 3.8) is 0 Å². The van der Waals surface area contributed by atoms with Crippen LogP contribution in [0.15, 0.2) is 156 Å². The van der Waals surface area contributed by atoms with Gasteiger partial charge in [0, 0.05) is 72.7 Å². The zero-order chi connectivity index (χ0) is 83.8. The van der Waals surface area contributed by atoms with E-state index in [1.165, 1.54) is 103 Å². The first-order chi connectivity index (χ1) is 53.2. The Morgan fingerprint density at radius 2 is 0.767 bits per heavy atom. The number of aliphatic hydroxyl groups is 5. The number of nitrogens with two attached hydrogens (primary N) is 2. The van der Waals surface area contributed by atoms with Crippen molar-refractivity contribution in [3.05, 3.63) is 189 Å². The van der Waals surface area contributed by atoms with Crippen LogP contribution in [-0.2, 0) is 80.8 Å². The van der Waals surface area contributed by atoms with Gasteiger partial charge in [-0.1, -0.05) is 72.8 Å². The Kier molecular flexibility index (Phi) is 36.2. The average molecular weight is 1830 g/mol. The summed E-state index contributed by atoms with van der Waals surface area (Å²) in [5, 5.41) is 46.9. The second kappa shape index (κ2) is 42.4. The second-order valence-electron chi connectivity index (χ2n) is 25.1. The fraction of sp³-hybridized carbons (Fsp3) is 0.386. The van der Waals surface area contributed by atoms with E-state index in [1.54, 1.807) is 72.8 Å². The minimum Gasteiger partial charge on any atom is -0.870 e. The van der Waals surface area contributed by atoms with Crippen molar-refractivity contribution in [3.8, 4) is 0 Å². The van der Waals surface area contributed by atoms with Crippen molar-refractivity contribution in [1.82, 2.24) is 37.9 Å². The number of ether oxygens (including phenoxy) is 12. The van der Waals surface area contributed by atoms with E-state index in [2.05, 4.69) is 19.9 Å². The van der Waals surface area contributed by atoms with E-state index in [0.29, 0.717) is 0 Å². The monoisotopic (exact) mass is 1830 g/mol. The van der Waals surface area contributed by atoms with E-state index < -0.39 is 189 Å². The zero-order valence-corrected chi connectivity index (χ0v) is 71.1. The fourth-order valence-corrected chi connectivity index (χ4v) is 11.9. The van der Waals surface area contributed by atoms with E-state index in [-0.39, 0.29) is 86.9 Å². The molecule has 9 unspecified atom stereocenters. The molecule has 0 spiro atoms. The van der Waals surface area contributed by atoms with Gasteiger partial charge in [-0.25, -0.2) is 37.6 Å². The normalized spacial score (nSPS) is 21.5. The molecule has 116 heavy (non-hydrogen) atoms. The number of benzene rings is 4. The number of halogens is 4. The number of hydrogen-bond acceptors (Lipinski definition) is 35. The number of carbonyl (C=O) groups excluding carboxylic acids is 9. The molecular weight excluding hydrogens is 1750 g/mol. The zero-order valence-electron chi connectivity index (χ0n) is 63.2. The maximum atomic E-state index is 13.1. The van der Waals surface area contributed by atoms with Crippen LogP contribution in [0.1, 0.15) is 109 Å². The number of imidazole rings is 2. The van der Waals surface area contributed by atoms with Gasteiger partial charge in [-0.05, 0) is 69.3 Å². The van der Waals surface area contributed by atoms with Crippen molar-refractivity contribution < 1.29 is 167 Å². The van der Waals surface area contributed by atoms with Crippen LogP contribution in [0.5, 0.6) is 0 Å². The van der Waals surface area contributed by atoms with Gasteiger partial charge in [0.1, 0.15) is 43.7 Å². The molecule has 0 aliphatic carbocycles. The van der Waals surface area contributed by atoms with Crippen LogP contribution in [0.3, 0.4) is 0 Å². The van der Waals surface area contributed by atoms with Gasteiger partial charge < -0.3 is 99.3 Å². The van der Waals surface area contributed by atoms with Crippen LogP contribution < -0.4 is 52.4 Å².